The Morgan fingerprint density at radius 3 is 1.79 bits per heavy atom. The van der Waals surface area contributed by atoms with Crippen LogP contribution in [0.5, 0.6) is 0 Å². The number of carbonyl (C=O) groups excluding carboxylic acids is 1. The van der Waals surface area contributed by atoms with Gasteiger partial charge in [0.2, 0.25) is 5.91 Å². The van der Waals surface area contributed by atoms with Crippen molar-refractivity contribution in [2.45, 2.75) is 90.4 Å². The number of hydrogen-bond acceptors (Lipinski definition) is 2. The summed E-state index contributed by atoms with van der Waals surface area (Å²) >= 11 is 0. The molecule has 0 spiro atoms. The highest BCUT2D eigenvalue weighted by molar-refractivity contribution is 6.02. The summed E-state index contributed by atoms with van der Waals surface area (Å²) in [6.45, 7) is 2.26. The lowest BCUT2D eigenvalue weighted by atomic mass is 10.0. The predicted molar refractivity (Wildman–Crippen MR) is 117 cm³/mol. The van der Waals surface area contributed by atoms with Crippen molar-refractivity contribution in [2.75, 3.05) is 5.32 Å². The van der Waals surface area contributed by atoms with Crippen molar-refractivity contribution in [3.8, 4) is 0 Å². The van der Waals surface area contributed by atoms with Gasteiger partial charge in [-0.05, 0) is 30.5 Å². The molecule has 1 aromatic carbocycles. The van der Waals surface area contributed by atoms with E-state index in [4.69, 9.17) is 5.11 Å². The molecule has 0 aliphatic rings. The standard InChI is InChI=1S/C24H37NO3/c1-2-3-4-5-6-7-8-9-10-11-12-13-14-21-15-17-22(18-16-21)25-23(26)19-20-24(27)28/h15-20H,2-14H2,1H3,(H,25,26)(H,27,28)/b20-19-. The van der Waals surface area contributed by atoms with Crippen LogP contribution in [0.4, 0.5) is 5.69 Å². The molecule has 4 heteroatoms. The lowest BCUT2D eigenvalue weighted by Gasteiger charge is -2.05. The fraction of sp³-hybridized carbons (Fsp3) is 0.583. The topological polar surface area (TPSA) is 66.4 Å². The Hall–Kier alpha value is -2.10. The minimum Gasteiger partial charge on any atom is -0.478 e. The van der Waals surface area contributed by atoms with Gasteiger partial charge in [-0.3, -0.25) is 4.79 Å². The third kappa shape index (κ3) is 13.1. The van der Waals surface area contributed by atoms with E-state index in [1.54, 1.807) is 0 Å². The maximum absolute atomic E-state index is 11.5. The Labute approximate surface area is 170 Å². The molecule has 0 aliphatic carbocycles. The number of unbranched alkanes of at least 4 members (excludes halogenated alkanes) is 11. The van der Waals surface area contributed by atoms with Gasteiger partial charge in [0.25, 0.3) is 0 Å². The number of carbonyl (C=O) groups is 2. The minimum atomic E-state index is -1.13. The smallest absolute Gasteiger partial charge is 0.328 e. The second-order valence-corrected chi connectivity index (χ2v) is 7.50. The summed E-state index contributed by atoms with van der Waals surface area (Å²) < 4.78 is 0. The highest BCUT2D eigenvalue weighted by atomic mass is 16.4. The van der Waals surface area contributed by atoms with E-state index in [9.17, 15) is 9.59 Å². The van der Waals surface area contributed by atoms with Gasteiger partial charge in [0, 0.05) is 17.8 Å². The summed E-state index contributed by atoms with van der Waals surface area (Å²) in [5, 5.41) is 11.2. The average molecular weight is 388 g/mol. The molecule has 1 amide bonds. The van der Waals surface area contributed by atoms with Crippen LogP contribution in [-0.2, 0) is 16.0 Å². The molecule has 0 heterocycles. The van der Waals surface area contributed by atoms with E-state index in [1.165, 1.54) is 82.6 Å². The van der Waals surface area contributed by atoms with E-state index in [0.717, 1.165) is 18.6 Å². The number of nitrogens with one attached hydrogen (secondary N) is 1. The molecule has 0 atom stereocenters. The van der Waals surface area contributed by atoms with E-state index >= 15 is 0 Å². The van der Waals surface area contributed by atoms with Crippen molar-refractivity contribution in [3.05, 3.63) is 42.0 Å². The highest BCUT2D eigenvalue weighted by Crippen LogP contribution is 2.15. The Kier molecular flexibility index (Phi) is 13.6. The number of aryl methyl sites for hydroxylation is 1. The molecule has 0 saturated heterocycles. The molecule has 2 N–H and O–H groups in total. The molecule has 156 valence electrons. The van der Waals surface area contributed by atoms with Gasteiger partial charge in [-0.15, -0.1) is 0 Å². The zero-order chi connectivity index (χ0) is 20.5. The van der Waals surface area contributed by atoms with Crippen LogP contribution in [0.25, 0.3) is 0 Å². The number of benzene rings is 1. The summed E-state index contributed by atoms with van der Waals surface area (Å²) in [5.74, 6) is -1.57. The van der Waals surface area contributed by atoms with Gasteiger partial charge in [0.1, 0.15) is 0 Å². The summed E-state index contributed by atoms with van der Waals surface area (Å²) in [4.78, 5) is 21.9. The molecular formula is C24H37NO3. The quantitative estimate of drug-likeness (QED) is 0.251. The Morgan fingerprint density at radius 2 is 1.29 bits per heavy atom. The number of carboxylic acid groups (broad SMARTS) is 1. The fourth-order valence-corrected chi connectivity index (χ4v) is 3.26. The number of amides is 1. The molecule has 0 bridgehead atoms. The van der Waals surface area contributed by atoms with Crippen LogP contribution < -0.4 is 5.32 Å². The van der Waals surface area contributed by atoms with E-state index in [2.05, 4.69) is 12.2 Å². The molecule has 4 nitrogen and oxygen atoms in total. The molecule has 1 rings (SSSR count). The van der Waals surface area contributed by atoms with Crippen LogP contribution in [0.1, 0.15) is 89.5 Å². The molecule has 0 aliphatic heterocycles. The molecule has 0 saturated carbocycles. The molecule has 0 radical (unpaired) electrons. The van der Waals surface area contributed by atoms with Gasteiger partial charge >= 0.3 is 5.97 Å². The summed E-state index contributed by atoms with van der Waals surface area (Å²) in [5.41, 5.74) is 1.95. The van der Waals surface area contributed by atoms with Gasteiger partial charge in [-0.25, -0.2) is 4.79 Å². The second kappa shape index (κ2) is 15.9. The van der Waals surface area contributed by atoms with E-state index in [1.807, 2.05) is 24.3 Å². The normalized spacial score (nSPS) is 11.0. The maximum Gasteiger partial charge on any atom is 0.328 e. The van der Waals surface area contributed by atoms with Gasteiger partial charge in [-0.2, -0.15) is 0 Å². The number of hydrogen-bond donors (Lipinski definition) is 2. The average Bonchev–Trinajstić information content (AvgIpc) is 2.68. The molecular weight excluding hydrogens is 350 g/mol. The number of rotatable bonds is 16. The lowest BCUT2D eigenvalue weighted by Crippen LogP contribution is -2.08. The highest BCUT2D eigenvalue weighted by Gasteiger charge is 2.00. The number of anilines is 1. The monoisotopic (exact) mass is 387 g/mol. The number of aliphatic carboxylic acids is 1. The Balaban J connectivity index is 2.04. The second-order valence-electron chi connectivity index (χ2n) is 7.50. The first-order chi connectivity index (χ1) is 13.6. The van der Waals surface area contributed by atoms with Crippen LogP contribution >= 0.6 is 0 Å². The lowest BCUT2D eigenvalue weighted by molar-refractivity contribution is -0.131. The molecule has 0 unspecified atom stereocenters. The van der Waals surface area contributed by atoms with Crippen LogP contribution in [-0.4, -0.2) is 17.0 Å². The number of carboxylic acids is 1. The van der Waals surface area contributed by atoms with E-state index < -0.39 is 11.9 Å². The minimum absolute atomic E-state index is 0.434. The van der Waals surface area contributed by atoms with Crippen molar-refractivity contribution in [1.29, 1.82) is 0 Å². The van der Waals surface area contributed by atoms with Crippen LogP contribution in [0.3, 0.4) is 0 Å². The van der Waals surface area contributed by atoms with Crippen molar-refractivity contribution in [1.82, 2.24) is 0 Å². The first-order valence-electron chi connectivity index (χ1n) is 10.9. The molecule has 1 aromatic rings. The SMILES string of the molecule is CCCCCCCCCCCCCCc1ccc(NC(=O)/C=C\C(=O)O)cc1. The third-order valence-electron chi connectivity index (χ3n) is 4.92. The van der Waals surface area contributed by atoms with Crippen LogP contribution in [0.2, 0.25) is 0 Å². The van der Waals surface area contributed by atoms with Gasteiger partial charge in [0.15, 0.2) is 0 Å². The molecule has 0 fully saturated rings. The molecule has 0 aromatic heterocycles. The van der Waals surface area contributed by atoms with Gasteiger partial charge < -0.3 is 10.4 Å². The van der Waals surface area contributed by atoms with Crippen molar-refractivity contribution < 1.29 is 14.7 Å². The zero-order valence-electron chi connectivity index (χ0n) is 17.4. The fourth-order valence-electron chi connectivity index (χ4n) is 3.26. The van der Waals surface area contributed by atoms with Crippen molar-refractivity contribution in [2.24, 2.45) is 0 Å². The molecule has 28 heavy (non-hydrogen) atoms. The summed E-state index contributed by atoms with van der Waals surface area (Å²) in [6, 6.07) is 7.77. The van der Waals surface area contributed by atoms with Gasteiger partial charge in [0.05, 0.1) is 0 Å². The Morgan fingerprint density at radius 1 is 0.786 bits per heavy atom. The summed E-state index contributed by atoms with van der Waals surface area (Å²) in [6.07, 6.45) is 19.2. The van der Waals surface area contributed by atoms with E-state index in [-0.39, 0.29) is 0 Å². The predicted octanol–water partition coefficient (Wildman–Crippen LogP) is 6.51. The van der Waals surface area contributed by atoms with Gasteiger partial charge in [-0.1, -0.05) is 89.7 Å². The first-order valence-corrected chi connectivity index (χ1v) is 10.9. The summed E-state index contributed by atoms with van der Waals surface area (Å²) in [7, 11) is 0. The van der Waals surface area contributed by atoms with Crippen molar-refractivity contribution in [3.63, 3.8) is 0 Å². The third-order valence-corrected chi connectivity index (χ3v) is 4.92. The first kappa shape index (κ1) is 23.9. The van der Waals surface area contributed by atoms with E-state index in [0.29, 0.717) is 5.69 Å². The Bertz CT molecular complexity index is 578. The largest absolute Gasteiger partial charge is 0.478 e. The van der Waals surface area contributed by atoms with Crippen molar-refractivity contribution >= 4 is 17.6 Å². The van der Waals surface area contributed by atoms with Crippen LogP contribution in [0.15, 0.2) is 36.4 Å². The maximum atomic E-state index is 11.5. The zero-order valence-corrected chi connectivity index (χ0v) is 17.4. The van der Waals surface area contributed by atoms with Crippen LogP contribution in [0, 0.1) is 0 Å².